The third kappa shape index (κ3) is 5.56. The van der Waals surface area contributed by atoms with Gasteiger partial charge in [0.15, 0.2) is 9.84 Å². The molecule has 3 aromatic rings. The van der Waals surface area contributed by atoms with E-state index in [4.69, 9.17) is 4.74 Å². The van der Waals surface area contributed by atoms with E-state index in [0.29, 0.717) is 11.4 Å². The summed E-state index contributed by atoms with van der Waals surface area (Å²) in [7, 11) is -3.33. The SMILES string of the molecule is CS(=O)(=O)c1cccc(NC(=O)/C=C/c2cccc(Oc3ccccc3)c2)c1. The molecule has 142 valence electrons. The minimum Gasteiger partial charge on any atom is -0.457 e. The lowest BCUT2D eigenvalue weighted by Gasteiger charge is -2.06. The lowest BCUT2D eigenvalue weighted by molar-refractivity contribution is -0.111. The van der Waals surface area contributed by atoms with Crippen molar-refractivity contribution < 1.29 is 17.9 Å². The van der Waals surface area contributed by atoms with Gasteiger partial charge in [0, 0.05) is 18.0 Å². The summed E-state index contributed by atoms with van der Waals surface area (Å²) in [6.07, 6.45) is 4.17. The normalized spacial score (nSPS) is 11.3. The number of carbonyl (C=O) groups excluding carboxylic acids is 1. The Labute approximate surface area is 164 Å². The van der Waals surface area contributed by atoms with Crippen molar-refractivity contribution in [2.75, 3.05) is 11.6 Å². The molecule has 0 saturated heterocycles. The monoisotopic (exact) mass is 393 g/mol. The van der Waals surface area contributed by atoms with Crippen LogP contribution in [0.15, 0.2) is 89.8 Å². The molecule has 0 aliphatic heterocycles. The summed E-state index contributed by atoms with van der Waals surface area (Å²) in [5.41, 5.74) is 1.22. The average molecular weight is 393 g/mol. The molecule has 28 heavy (non-hydrogen) atoms. The second kappa shape index (κ2) is 8.54. The first-order valence-electron chi connectivity index (χ1n) is 8.52. The number of hydrogen-bond donors (Lipinski definition) is 1. The number of amides is 1. The van der Waals surface area contributed by atoms with Gasteiger partial charge in [-0.05, 0) is 54.1 Å². The molecule has 0 atom stereocenters. The quantitative estimate of drug-likeness (QED) is 0.624. The molecule has 5 nitrogen and oxygen atoms in total. The second-order valence-corrected chi connectivity index (χ2v) is 8.13. The van der Waals surface area contributed by atoms with Gasteiger partial charge < -0.3 is 10.1 Å². The summed E-state index contributed by atoms with van der Waals surface area (Å²) < 4.78 is 29.0. The highest BCUT2D eigenvalue weighted by atomic mass is 32.2. The van der Waals surface area contributed by atoms with Gasteiger partial charge >= 0.3 is 0 Å². The first kappa shape index (κ1) is 19.4. The molecule has 0 fully saturated rings. The van der Waals surface area contributed by atoms with Crippen molar-refractivity contribution in [2.45, 2.75) is 4.90 Å². The largest absolute Gasteiger partial charge is 0.457 e. The van der Waals surface area contributed by atoms with E-state index in [9.17, 15) is 13.2 Å². The number of nitrogens with one attached hydrogen (secondary N) is 1. The number of ether oxygens (including phenoxy) is 1. The number of hydrogen-bond acceptors (Lipinski definition) is 4. The first-order chi connectivity index (χ1) is 13.4. The highest BCUT2D eigenvalue weighted by Crippen LogP contribution is 2.22. The van der Waals surface area contributed by atoms with Gasteiger partial charge in [0.2, 0.25) is 5.91 Å². The van der Waals surface area contributed by atoms with Gasteiger partial charge in [-0.2, -0.15) is 0 Å². The molecule has 0 bridgehead atoms. The van der Waals surface area contributed by atoms with Gasteiger partial charge in [-0.25, -0.2) is 8.42 Å². The van der Waals surface area contributed by atoms with Crippen LogP contribution in [0.4, 0.5) is 5.69 Å². The number of rotatable bonds is 6. The molecule has 3 rings (SSSR count). The fourth-order valence-electron chi connectivity index (χ4n) is 2.47. The van der Waals surface area contributed by atoms with Crippen molar-refractivity contribution in [2.24, 2.45) is 0 Å². The molecule has 0 aliphatic rings. The predicted octanol–water partition coefficient (Wildman–Crippen LogP) is 4.53. The standard InChI is InChI=1S/C22H19NO4S/c1-28(25,26)21-12-6-8-18(16-21)23-22(24)14-13-17-7-5-11-20(15-17)27-19-9-3-2-4-10-19/h2-16H,1H3,(H,23,24)/b14-13+. The first-order valence-corrected chi connectivity index (χ1v) is 10.4. The van der Waals surface area contributed by atoms with Gasteiger partial charge in [-0.1, -0.05) is 36.4 Å². The van der Waals surface area contributed by atoms with E-state index in [1.807, 2.05) is 54.6 Å². The molecule has 0 radical (unpaired) electrons. The van der Waals surface area contributed by atoms with E-state index < -0.39 is 9.84 Å². The van der Waals surface area contributed by atoms with Gasteiger partial charge in [0.1, 0.15) is 11.5 Å². The molecule has 0 unspecified atom stereocenters. The van der Waals surface area contributed by atoms with Crippen molar-refractivity contribution in [1.29, 1.82) is 0 Å². The molecule has 0 saturated carbocycles. The Morgan fingerprint density at radius 1 is 0.893 bits per heavy atom. The molecule has 3 aromatic carbocycles. The summed E-state index contributed by atoms with van der Waals surface area (Å²) in [6.45, 7) is 0. The Balaban J connectivity index is 1.67. The molecule has 0 spiro atoms. The number of sulfone groups is 1. The smallest absolute Gasteiger partial charge is 0.248 e. The zero-order chi connectivity index (χ0) is 20.0. The van der Waals surface area contributed by atoms with Crippen LogP contribution in [0.2, 0.25) is 0 Å². The highest BCUT2D eigenvalue weighted by molar-refractivity contribution is 7.90. The van der Waals surface area contributed by atoms with E-state index in [2.05, 4.69) is 5.32 Å². The van der Waals surface area contributed by atoms with Gasteiger partial charge in [-0.15, -0.1) is 0 Å². The molecule has 1 amide bonds. The molecular weight excluding hydrogens is 374 g/mol. The van der Waals surface area contributed by atoms with Crippen LogP contribution in [0, 0.1) is 0 Å². The summed E-state index contributed by atoms with van der Waals surface area (Å²) in [5.74, 6) is 1.03. The van der Waals surface area contributed by atoms with Gasteiger partial charge in [-0.3, -0.25) is 4.79 Å². The fourth-order valence-corrected chi connectivity index (χ4v) is 3.13. The maximum atomic E-state index is 12.1. The molecule has 0 aliphatic carbocycles. The molecule has 6 heteroatoms. The minimum absolute atomic E-state index is 0.153. The summed E-state index contributed by atoms with van der Waals surface area (Å²) in [4.78, 5) is 12.3. The lowest BCUT2D eigenvalue weighted by Crippen LogP contribution is -2.08. The van der Waals surface area contributed by atoms with Gasteiger partial charge in [0.25, 0.3) is 0 Å². The summed E-state index contributed by atoms with van der Waals surface area (Å²) >= 11 is 0. The maximum Gasteiger partial charge on any atom is 0.248 e. The Kier molecular flexibility index (Phi) is 5.91. The summed E-state index contributed by atoms with van der Waals surface area (Å²) in [5, 5.41) is 2.66. The molecular formula is C22H19NO4S. The summed E-state index contributed by atoms with van der Waals surface area (Å²) in [6, 6.07) is 22.9. The minimum atomic E-state index is -3.33. The third-order valence-electron chi connectivity index (χ3n) is 3.79. The fraction of sp³-hybridized carbons (Fsp3) is 0.0455. The van der Waals surface area contributed by atoms with Crippen LogP contribution < -0.4 is 10.1 Å². The maximum absolute atomic E-state index is 12.1. The van der Waals surface area contributed by atoms with Gasteiger partial charge in [0.05, 0.1) is 4.90 Å². The number of benzene rings is 3. The topological polar surface area (TPSA) is 72.5 Å². The van der Waals surface area contributed by atoms with E-state index in [1.165, 1.54) is 18.2 Å². The van der Waals surface area contributed by atoms with Crippen LogP contribution in [-0.2, 0) is 14.6 Å². The average Bonchev–Trinajstić information content (AvgIpc) is 2.67. The zero-order valence-electron chi connectivity index (χ0n) is 15.2. The predicted molar refractivity (Wildman–Crippen MR) is 110 cm³/mol. The molecule has 1 N–H and O–H groups in total. The second-order valence-electron chi connectivity index (χ2n) is 6.11. The van der Waals surface area contributed by atoms with Crippen LogP contribution in [0.5, 0.6) is 11.5 Å². The van der Waals surface area contributed by atoms with Crippen LogP contribution in [0.3, 0.4) is 0 Å². The lowest BCUT2D eigenvalue weighted by atomic mass is 10.2. The number of para-hydroxylation sites is 1. The van der Waals surface area contributed by atoms with E-state index >= 15 is 0 Å². The number of anilines is 1. The van der Waals surface area contributed by atoms with E-state index in [0.717, 1.165) is 17.6 Å². The Bertz CT molecular complexity index is 1110. The third-order valence-corrected chi connectivity index (χ3v) is 4.90. The Morgan fingerprint density at radius 2 is 1.61 bits per heavy atom. The van der Waals surface area contributed by atoms with Crippen molar-refractivity contribution in [3.8, 4) is 11.5 Å². The van der Waals surface area contributed by atoms with E-state index in [1.54, 1.807) is 18.2 Å². The molecule has 0 aromatic heterocycles. The Hall–Kier alpha value is -3.38. The van der Waals surface area contributed by atoms with E-state index in [-0.39, 0.29) is 10.8 Å². The van der Waals surface area contributed by atoms with Crippen LogP contribution in [0.25, 0.3) is 6.08 Å². The Morgan fingerprint density at radius 3 is 2.36 bits per heavy atom. The van der Waals surface area contributed by atoms with Crippen molar-refractivity contribution in [1.82, 2.24) is 0 Å². The van der Waals surface area contributed by atoms with Crippen molar-refractivity contribution in [3.05, 3.63) is 90.5 Å². The van der Waals surface area contributed by atoms with Crippen LogP contribution in [0.1, 0.15) is 5.56 Å². The van der Waals surface area contributed by atoms with Crippen LogP contribution in [-0.4, -0.2) is 20.6 Å². The van der Waals surface area contributed by atoms with Crippen molar-refractivity contribution in [3.63, 3.8) is 0 Å². The zero-order valence-corrected chi connectivity index (χ0v) is 16.0. The van der Waals surface area contributed by atoms with Crippen molar-refractivity contribution >= 4 is 27.5 Å². The van der Waals surface area contributed by atoms with Crippen LogP contribution >= 0.6 is 0 Å². The molecule has 0 heterocycles. The highest BCUT2D eigenvalue weighted by Gasteiger charge is 2.08. The number of carbonyl (C=O) groups is 1.